The number of fused-ring (bicyclic) bond motifs is 2. The number of phenols is 1. The van der Waals surface area contributed by atoms with Gasteiger partial charge in [-0.25, -0.2) is 9.37 Å². The van der Waals surface area contributed by atoms with E-state index in [0.717, 1.165) is 19.3 Å². The Morgan fingerprint density at radius 2 is 2.03 bits per heavy atom. The molecule has 2 fully saturated rings. The Balaban J connectivity index is 1.36. The predicted molar refractivity (Wildman–Crippen MR) is 130 cm³/mol. The molecule has 0 saturated carbocycles. The van der Waals surface area contributed by atoms with E-state index < -0.39 is 6.17 Å². The van der Waals surface area contributed by atoms with E-state index in [1.165, 1.54) is 0 Å². The number of hydrogen-bond donors (Lipinski definition) is 2. The number of aromatic hydroxyl groups is 1. The maximum Gasteiger partial charge on any atom is 0.185 e. The van der Waals surface area contributed by atoms with E-state index >= 15 is 4.39 Å². The number of piperidine rings is 2. The lowest BCUT2D eigenvalue weighted by molar-refractivity contribution is 0.0607. The van der Waals surface area contributed by atoms with Crippen molar-refractivity contribution in [2.75, 3.05) is 19.1 Å². The van der Waals surface area contributed by atoms with E-state index in [-0.39, 0.29) is 29.2 Å². The van der Waals surface area contributed by atoms with E-state index in [1.807, 2.05) is 18.9 Å². The van der Waals surface area contributed by atoms with Gasteiger partial charge in [0.15, 0.2) is 11.6 Å². The second-order valence-electron chi connectivity index (χ2n) is 9.79. The molecule has 9 nitrogen and oxygen atoms in total. The minimum absolute atomic E-state index is 0.00493. The first-order valence-corrected chi connectivity index (χ1v) is 11.8. The molecule has 35 heavy (non-hydrogen) atoms. The van der Waals surface area contributed by atoms with Crippen LogP contribution in [0.25, 0.3) is 22.6 Å². The third-order valence-electron chi connectivity index (χ3n) is 7.28. The SMILES string of the molecule is COc1cc(-c2ccc(-c3ncc(N(C)[C@H]4C[C@]5(C)CCC[C@@H](N5)[C@H]4F)nn3)c(O)c2)nnc1C. The molecule has 2 aliphatic rings. The Kier molecular flexibility index (Phi) is 6.00. The van der Waals surface area contributed by atoms with Crippen LogP contribution in [0, 0.1) is 6.92 Å². The van der Waals surface area contributed by atoms with Crippen LogP contribution in [0.5, 0.6) is 11.5 Å². The number of anilines is 1. The Morgan fingerprint density at radius 3 is 2.74 bits per heavy atom. The molecule has 3 aromatic rings. The molecule has 0 unspecified atom stereocenters. The highest BCUT2D eigenvalue weighted by molar-refractivity contribution is 5.71. The fourth-order valence-electron chi connectivity index (χ4n) is 5.28. The summed E-state index contributed by atoms with van der Waals surface area (Å²) >= 11 is 0. The largest absolute Gasteiger partial charge is 0.507 e. The van der Waals surface area contributed by atoms with Gasteiger partial charge >= 0.3 is 0 Å². The van der Waals surface area contributed by atoms with Gasteiger partial charge in [0.25, 0.3) is 0 Å². The van der Waals surface area contributed by atoms with Gasteiger partial charge < -0.3 is 20.1 Å². The minimum atomic E-state index is -0.991. The van der Waals surface area contributed by atoms with Gasteiger partial charge in [-0.2, -0.15) is 5.10 Å². The number of alkyl halides is 1. The Hall–Kier alpha value is -3.40. The third-order valence-corrected chi connectivity index (χ3v) is 7.28. The Labute approximate surface area is 203 Å². The zero-order valence-electron chi connectivity index (χ0n) is 20.4. The second kappa shape index (κ2) is 8.99. The van der Waals surface area contributed by atoms with Crippen molar-refractivity contribution in [1.82, 2.24) is 30.7 Å². The Morgan fingerprint density at radius 1 is 1.20 bits per heavy atom. The van der Waals surface area contributed by atoms with Crippen LogP contribution >= 0.6 is 0 Å². The van der Waals surface area contributed by atoms with Gasteiger partial charge in [0.1, 0.15) is 23.4 Å². The summed E-state index contributed by atoms with van der Waals surface area (Å²) in [6, 6.07) is 6.44. The van der Waals surface area contributed by atoms with Crippen molar-refractivity contribution in [3.63, 3.8) is 0 Å². The molecule has 4 heterocycles. The molecule has 10 heteroatoms. The van der Waals surface area contributed by atoms with Crippen LogP contribution in [0.2, 0.25) is 0 Å². The molecule has 0 spiro atoms. The van der Waals surface area contributed by atoms with Crippen LogP contribution in [0.3, 0.4) is 0 Å². The van der Waals surface area contributed by atoms with Gasteiger partial charge in [-0.1, -0.05) is 6.07 Å². The van der Waals surface area contributed by atoms with Crippen LogP contribution in [-0.2, 0) is 0 Å². The summed E-state index contributed by atoms with van der Waals surface area (Å²) < 4.78 is 20.6. The average molecular weight is 480 g/mol. The maximum absolute atomic E-state index is 15.2. The number of aromatic nitrogens is 5. The summed E-state index contributed by atoms with van der Waals surface area (Å²) in [5.74, 6) is 1.40. The number of hydrogen-bond acceptors (Lipinski definition) is 9. The van der Waals surface area contributed by atoms with E-state index in [4.69, 9.17) is 4.74 Å². The van der Waals surface area contributed by atoms with Crippen molar-refractivity contribution < 1.29 is 14.2 Å². The quantitative estimate of drug-likeness (QED) is 0.568. The van der Waals surface area contributed by atoms with Gasteiger partial charge in [-0.15, -0.1) is 15.3 Å². The number of phenolic OH excluding ortho intramolecular Hbond substituents is 1. The third kappa shape index (κ3) is 4.38. The van der Waals surface area contributed by atoms with Crippen molar-refractivity contribution in [1.29, 1.82) is 0 Å². The lowest BCUT2D eigenvalue weighted by Gasteiger charge is -2.51. The number of halogens is 1. The minimum Gasteiger partial charge on any atom is -0.507 e. The fourth-order valence-corrected chi connectivity index (χ4v) is 5.28. The van der Waals surface area contributed by atoms with E-state index in [2.05, 4.69) is 37.6 Å². The molecule has 4 atom stereocenters. The van der Waals surface area contributed by atoms with Crippen LogP contribution < -0.4 is 15.0 Å². The molecule has 5 rings (SSSR count). The van der Waals surface area contributed by atoms with Crippen LogP contribution in [0.1, 0.15) is 38.3 Å². The average Bonchev–Trinajstić information content (AvgIpc) is 2.86. The Bertz CT molecular complexity index is 1220. The zero-order chi connectivity index (χ0) is 24.7. The normalized spacial score (nSPS) is 25.8. The number of nitrogens with zero attached hydrogens (tertiary/aromatic N) is 6. The number of nitrogens with one attached hydrogen (secondary N) is 1. The van der Waals surface area contributed by atoms with E-state index in [1.54, 1.807) is 37.6 Å². The maximum atomic E-state index is 15.2. The van der Waals surface area contributed by atoms with Crippen molar-refractivity contribution in [3.05, 3.63) is 36.2 Å². The highest BCUT2D eigenvalue weighted by Crippen LogP contribution is 2.38. The lowest BCUT2D eigenvalue weighted by Crippen LogP contribution is -2.66. The first-order chi connectivity index (χ1) is 16.8. The van der Waals surface area contributed by atoms with Gasteiger partial charge in [0.2, 0.25) is 0 Å². The van der Waals surface area contributed by atoms with Crippen LogP contribution in [-0.4, -0.2) is 68.4 Å². The molecule has 2 aromatic heterocycles. The molecule has 1 aromatic carbocycles. The van der Waals surface area contributed by atoms with Gasteiger partial charge in [-0.05, 0) is 51.7 Å². The first-order valence-electron chi connectivity index (χ1n) is 11.8. The van der Waals surface area contributed by atoms with Gasteiger partial charge in [0, 0.05) is 30.3 Å². The smallest absolute Gasteiger partial charge is 0.185 e. The predicted octanol–water partition coefficient (Wildman–Crippen LogP) is 3.47. The van der Waals surface area contributed by atoms with Gasteiger partial charge in [-0.3, -0.25) is 0 Å². The summed E-state index contributed by atoms with van der Waals surface area (Å²) in [5, 5.41) is 31.0. The summed E-state index contributed by atoms with van der Waals surface area (Å²) in [6.07, 6.45) is 4.22. The van der Waals surface area contributed by atoms with Gasteiger partial charge in [0.05, 0.1) is 30.6 Å². The first kappa shape index (κ1) is 23.3. The summed E-state index contributed by atoms with van der Waals surface area (Å²) in [4.78, 5) is 6.27. The lowest BCUT2D eigenvalue weighted by atomic mass is 9.74. The van der Waals surface area contributed by atoms with Crippen molar-refractivity contribution in [3.8, 4) is 34.1 Å². The van der Waals surface area contributed by atoms with Crippen molar-refractivity contribution >= 4 is 5.82 Å². The number of methoxy groups -OCH3 is 1. The second-order valence-corrected chi connectivity index (χ2v) is 9.79. The molecule has 2 N–H and O–H groups in total. The molecule has 2 bridgehead atoms. The molecule has 2 aliphatic heterocycles. The fraction of sp³-hybridized carbons (Fsp3) is 0.480. The number of aryl methyl sites for hydroxylation is 1. The number of benzene rings is 1. The number of rotatable bonds is 5. The topological polar surface area (TPSA) is 109 Å². The summed E-state index contributed by atoms with van der Waals surface area (Å²) in [5.41, 5.74) is 2.31. The van der Waals surface area contributed by atoms with Crippen LogP contribution in [0.4, 0.5) is 10.2 Å². The monoisotopic (exact) mass is 479 g/mol. The van der Waals surface area contributed by atoms with E-state index in [9.17, 15) is 5.11 Å². The molecule has 0 amide bonds. The molecule has 0 aliphatic carbocycles. The van der Waals surface area contributed by atoms with Crippen LogP contribution in [0.15, 0.2) is 30.5 Å². The molecular formula is C25H30FN7O2. The summed E-state index contributed by atoms with van der Waals surface area (Å²) in [7, 11) is 3.42. The van der Waals surface area contributed by atoms with Crippen molar-refractivity contribution in [2.45, 2.75) is 63.3 Å². The van der Waals surface area contributed by atoms with E-state index in [0.29, 0.717) is 40.5 Å². The zero-order valence-corrected chi connectivity index (χ0v) is 20.4. The molecule has 0 radical (unpaired) electrons. The molecule has 2 saturated heterocycles. The highest BCUT2D eigenvalue weighted by atomic mass is 19.1. The summed E-state index contributed by atoms with van der Waals surface area (Å²) in [6.45, 7) is 3.98. The van der Waals surface area contributed by atoms with Crippen molar-refractivity contribution in [2.24, 2.45) is 0 Å². The number of ether oxygens (including phenoxy) is 1. The molecular weight excluding hydrogens is 449 g/mol. The standard InChI is InChI=1S/C25H30FN7O2/c1-14-21(35-4)11-18(30-29-14)15-7-8-16(20(34)10-15)24-27-13-22(31-32-24)33(3)19-12-25(2)9-5-6-17(28-25)23(19)26/h7-8,10-11,13,17,19,23,28,34H,5-6,9,12H2,1-4H3/t17-,19+,23-,25+/m1/s1. The highest BCUT2D eigenvalue weighted by Gasteiger charge is 2.47. The molecule has 184 valence electrons.